The second-order valence-corrected chi connectivity index (χ2v) is 5.54. The lowest BCUT2D eigenvalue weighted by Gasteiger charge is -2.22. The van der Waals surface area contributed by atoms with Crippen LogP contribution in [0.3, 0.4) is 0 Å². The standard InChI is InChI=1S/C19H17N2/c1-2-18(17-13-15-8-3-5-9-16(15)20-17)21-12-11-14-7-4-6-10-19(14)21/h2-12,17-18H,1,13H2. The van der Waals surface area contributed by atoms with Crippen molar-refractivity contribution in [3.8, 4) is 0 Å². The molecule has 0 saturated carbocycles. The summed E-state index contributed by atoms with van der Waals surface area (Å²) >= 11 is 0. The van der Waals surface area contributed by atoms with E-state index in [1.165, 1.54) is 16.5 Å². The number of rotatable bonds is 3. The van der Waals surface area contributed by atoms with E-state index in [0.717, 1.165) is 12.1 Å². The molecule has 2 heteroatoms. The molecule has 21 heavy (non-hydrogen) atoms. The highest BCUT2D eigenvalue weighted by Gasteiger charge is 2.29. The molecule has 2 aromatic carbocycles. The van der Waals surface area contributed by atoms with Crippen LogP contribution in [0, 0.1) is 0 Å². The van der Waals surface area contributed by atoms with E-state index in [9.17, 15) is 0 Å². The minimum atomic E-state index is 0.192. The maximum atomic E-state index is 4.89. The van der Waals surface area contributed by atoms with E-state index >= 15 is 0 Å². The first-order valence-corrected chi connectivity index (χ1v) is 7.34. The van der Waals surface area contributed by atoms with Gasteiger partial charge in [0.2, 0.25) is 0 Å². The number of nitrogens with zero attached hydrogens (tertiary/aromatic N) is 2. The lowest BCUT2D eigenvalue weighted by molar-refractivity contribution is 0.464. The first-order chi connectivity index (χ1) is 10.4. The van der Waals surface area contributed by atoms with Crippen molar-refractivity contribution < 1.29 is 0 Å². The maximum Gasteiger partial charge on any atom is 0.0790 e. The van der Waals surface area contributed by atoms with Crippen LogP contribution in [0.5, 0.6) is 0 Å². The van der Waals surface area contributed by atoms with Gasteiger partial charge in [0.05, 0.1) is 17.8 Å². The van der Waals surface area contributed by atoms with Crippen molar-refractivity contribution in [2.24, 2.45) is 0 Å². The molecule has 0 bridgehead atoms. The first-order valence-electron chi connectivity index (χ1n) is 7.34. The summed E-state index contributed by atoms with van der Waals surface area (Å²) in [5.41, 5.74) is 3.71. The van der Waals surface area contributed by atoms with Crippen molar-refractivity contribution in [3.63, 3.8) is 0 Å². The summed E-state index contributed by atoms with van der Waals surface area (Å²) in [5, 5.41) is 6.16. The summed E-state index contributed by atoms with van der Waals surface area (Å²) in [6, 6.07) is 19.5. The summed E-state index contributed by atoms with van der Waals surface area (Å²) in [5.74, 6) is 0. The molecule has 0 N–H and O–H groups in total. The second-order valence-electron chi connectivity index (χ2n) is 5.54. The average Bonchev–Trinajstić information content (AvgIpc) is 3.13. The van der Waals surface area contributed by atoms with Gasteiger partial charge >= 0.3 is 0 Å². The molecule has 2 atom stereocenters. The first kappa shape index (κ1) is 12.3. The number of para-hydroxylation sites is 2. The number of benzene rings is 2. The van der Waals surface area contributed by atoms with Gasteiger partial charge in [0.25, 0.3) is 0 Å². The minimum Gasteiger partial charge on any atom is -0.338 e. The van der Waals surface area contributed by atoms with Gasteiger partial charge in [0.15, 0.2) is 0 Å². The summed E-state index contributed by atoms with van der Waals surface area (Å²) in [6.45, 7) is 4.05. The third-order valence-corrected chi connectivity index (χ3v) is 4.31. The normalized spacial score (nSPS) is 18.2. The molecule has 1 aliphatic rings. The van der Waals surface area contributed by atoms with E-state index in [-0.39, 0.29) is 12.1 Å². The predicted molar refractivity (Wildman–Crippen MR) is 86.9 cm³/mol. The second kappa shape index (κ2) is 4.81. The van der Waals surface area contributed by atoms with Gasteiger partial charge in [0.1, 0.15) is 0 Å². The smallest absolute Gasteiger partial charge is 0.0790 e. The van der Waals surface area contributed by atoms with Gasteiger partial charge in [-0.2, -0.15) is 0 Å². The van der Waals surface area contributed by atoms with Gasteiger partial charge < -0.3 is 4.57 Å². The summed E-state index contributed by atoms with van der Waals surface area (Å²) < 4.78 is 2.29. The SMILES string of the molecule is C=CC(C1Cc2ccccc2[N]1)n1ccc2ccccc21. The molecular weight excluding hydrogens is 256 g/mol. The van der Waals surface area contributed by atoms with Crippen molar-refractivity contribution in [2.75, 3.05) is 0 Å². The molecule has 2 unspecified atom stereocenters. The topological polar surface area (TPSA) is 19.0 Å². The highest BCUT2D eigenvalue weighted by atomic mass is 15.1. The van der Waals surface area contributed by atoms with Gasteiger partial charge in [-0.25, -0.2) is 0 Å². The largest absolute Gasteiger partial charge is 0.338 e. The quantitative estimate of drug-likeness (QED) is 0.636. The molecule has 4 rings (SSSR count). The molecule has 103 valence electrons. The summed E-state index contributed by atoms with van der Waals surface area (Å²) in [7, 11) is 0. The van der Waals surface area contributed by atoms with Gasteiger partial charge in [0, 0.05) is 11.7 Å². The van der Waals surface area contributed by atoms with Crippen LogP contribution in [-0.2, 0) is 6.42 Å². The van der Waals surface area contributed by atoms with E-state index in [4.69, 9.17) is 5.32 Å². The Kier molecular flexibility index (Phi) is 2.81. The Hall–Kier alpha value is -2.48. The van der Waals surface area contributed by atoms with Crippen LogP contribution in [0.2, 0.25) is 0 Å². The number of fused-ring (bicyclic) bond motifs is 2. The van der Waals surface area contributed by atoms with Gasteiger partial charge in [-0.15, -0.1) is 6.58 Å². The van der Waals surface area contributed by atoms with Crippen molar-refractivity contribution in [3.05, 3.63) is 79.0 Å². The minimum absolute atomic E-state index is 0.192. The number of hydrogen-bond acceptors (Lipinski definition) is 0. The van der Waals surface area contributed by atoms with E-state index in [1.807, 2.05) is 6.08 Å². The van der Waals surface area contributed by atoms with E-state index in [2.05, 4.69) is 71.9 Å². The Balaban J connectivity index is 1.72. The number of aromatic nitrogens is 1. The fourth-order valence-corrected chi connectivity index (χ4v) is 3.28. The summed E-state index contributed by atoms with van der Waals surface area (Å²) in [6.07, 6.45) is 5.15. The van der Waals surface area contributed by atoms with Crippen molar-refractivity contribution in [1.29, 1.82) is 0 Å². The Morgan fingerprint density at radius 2 is 1.90 bits per heavy atom. The Labute approximate surface area is 124 Å². The third-order valence-electron chi connectivity index (χ3n) is 4.31. The highest BCUT2D eigenvalue weighted by Crippen LogP contribution is 2.33. The molecule has 0 spiro atoms. The molecule has 1 aliphatic heterocycles. The van der Waals surface area contributed by atoms with Crippen molar-refractivity contribution >= 4 is 16.6 Å². The van der Waals surface area contributed by atoms with Crippen molar-refractivity contribution in [1.82, 2.24) is 9.88 Å². The Bertz CT molecular complexity index is 775. The van der Waals surface area contributed by atoms with Gasteiger partial charge in [-0.3, -0.25) is 5.32 Å². The van der Waals surface area contributed by atoms with Crippen LogP contribution in [0.4, 0.5) is 5.69 Å². The Morgan fingerprint density at radius 3 is 2.76 bits per heavy atom. The van der Waals surface area contributed by atoms with Gasteiger partial charge in [-0.05, 0) is 35.6 Å². The molecule has 0 aliphatic carbocycles. The zero-order chi connectivity index (χ0) is 14.2. The van der Waals surface area contributed by atoms with Gasteiger partial charge in [-0.1, -0.05) is 42.5 Å². The van der Waals surface area contributed by atoms with Crippen LogP contribution in [-0.4, -0.2) is 10.6 Å². The van der Waals surface area contributed by atoms with E-state index in [0.29, 0.717) is 0 Å². The third kappa shape index (κ3) is 1.95. The predicted octanol–water partition coefficient (Wildman–Crippen LogP) is 4.23. The van der Waals surface area contributed by atoms with E-state index < -0.39 is 0 Å². The molecule has 2 nitrogen and oxygen atoms in total. The maximum absolute atomic E-state index is 4.89. The van der Waals surface area contributed by atoms with Crippen LogP contribution in [0.1, 0.15) is 11.6 Å². The highest BCUT2D eigenvalue weighted by molar-refractivity contribution is 5.80. The molecule has 1 aromatic heterocycles. The van der Waals surface area contributed by atoms with Crippen LogP contribution >= 0.6 is 0 Å². The monoisotopic (exact) mass is 273 g/mol. The van der Waals surface area contributed by atoms with E-state index in [1.54, 1.807) is 0 Å². The summed E-state index contributed by atoms with van der Waals surface area (Å²) in [4.78, 5) is 0. The fourth-order valence-electron chi connectivity index (χ4n) is 3.28. The molecule has 3 aromatic rings. The van der Waals surface area contributed by atoms with Crippen LogP contribution < -0.4 is 5.32 Å². The zero-order valence-electron chi connectivity index (χ0n) is 11.8. The van der Waals surface area contributed by atoms with Crippen molar-refractivity contribution in [2.45, 2.75) is 18.5 Å². The molecule has 0 amide bonds. The number of hydrogen-bond donors (Lipinski definition) is 0. The van der Waals surface area contributed by atoms with Crippen LogP contribution in [0.15, 0.2) is 73.4 Å². The Morgan fingerprint density at radius 1 is 1.10 bits per heavy atom. The molecule has 1 radical (unpaired) electrons. The molecule has 2 heterocycles. The lowest BCUT2D eigenvalue weighted by Crippen LogP contribution is -2.27. The van der Waals surface area contributed by atoms with Crippen LogP contribution in [0.25, 0.3) is 10.9 Å². The fraction of sp³-hybridized carbons (Fsp3) is 0.158. The molecule has 0 saturated heterocycles. The average molecular weight is 273 g/mol. The molecular formula is C19H17N2. The molecule has 0 fully saturated rings. The lowest BCUT2D eigenvalue weighted by atomic mass is 10.0. The zero-order valence-corrected chi connectivity index (χ0v) is 11.8.